The maximum Gasteiger partial charge on any atom is 0.407 e. The van der Waals surface area contributed by atoms with E-state index in [4.69, 9.17) is 4.74 Å². The Morgan fingerprint density at radius 2 is 1.67 bits per heavy atom. The Kier molecular flexibility index (Phi) is 6.96. The average molecular weight is 451 g/mol. The SMILES string of the molecule is CC(CNC(=O)OCC1c2ccccc2-c2ccccc21)C(=O)N[C@@H]1CCC[C@H](C(=O)O)C1. The van der Waals surface area contributed by atoms with Crippen LogP contribution in [-0.4, -0.2) is 42.3 Å². The Hall–Kier alpha value is -3.35. The number of aliphatic carboxylic acids is 1. The lowest BCUT2D eigenvalue weighted by atomic mass is 9.85. The molecule has 2 amide bonds. The van der Waals surface area contributed by atoms with Crippen molar-refractivity contribution in [3.8, 4) is 11.1 Å². The highest BCUT2D eigenvalue weighted by Gasteiger charge is 2.30. The van der Waals surface area contributed by atoms with E-state index in [1.807, 2.05) is 24.3 Å². The van der Waals surface area contributed by atoms with E-state index in [0.717, 1.165) is 24.0 Å². The van der Waals surface area contributed by atoms with Crippen LogP contribution in [0.4, 0.5) is 4.79 Å². The van der Waals surface area contributed by atoms with Crippen LogP contribution in [0.5, 0.6) is 0 Å². The van der Waals surface area contributed by atoms with Gasteiger partial charge >= 0.3 is 12.1 Å². The third kappa shape index (κ3) is 5.18. The van der Waals surface area contributed by atoms with Crippen LogP contribution in [0.2, 0.25) is 0 Å². The van der Waals surface area contributed by atoms with Gasteiger partial charge in [-0.05, 0) is 41.5 Å². The summed E-state index contributed by atoms with van der Waals surface area (Å²) in [4.78, 5) is 36.0. The molecule has 1 fully saturated rings. The lowest BCUT2D eigenvalue weighted by Gasteiger charge is -2.28. The largest absolute Gasteiger partial charge is 0.481 e. The van der Waals surface area contributed by atoms with Crippen molar-refractivity contribution in [2.24, 2.45) is 11.8 Å². The number of rotatable bonds is 7. The van der Waals surface area contributed by atoms with Crippen LogP contribution < -0.4 is 10.6 Å². The standard InChI is InChI=1S/C26H30N2O5/c1-16(24(29)28-18-8-6-7-17(13-18)25(30)31)14-27-26(32)33-15-23-21-11-4-2-9-19(21)20-10-3-5-12-22(20)23/h2-5,9-12,16-18,23H,6-8,13-15H2,1H3,(H,27,32)(H,28,29)(H,30,31)/t16?,17-,18+/m0/s1. The van der Waals surface area contributed by atoms with Crippen LogP contribution in [-0.2, 0) is 14.3 Å². The van der Waals surface area contributed by atoms with E-state index < -0.39 is 23.9 Å². The molecule has 2 aliphatic carbocycles. The van der Waals surface area contributed by atoms with Gasteiger partial charge in [-0.2, -0.15) is 0 Å². The van der Waals surface area contributed by atoms with E-state index in [1.54, 1.807) is 6.92 Å². The zero-order valence-electron chi connectivity index (χ0n) is 18.8. The summed E-state index contributed by atoms with van der Waals surface area (Å²) >= 11 is 0. The third-order valence-electron chi connectivity index (χ3n) is 6.71. The molecule has 7 nitrogen and oxygen atoms in total. The molecule has 3 atom stereocenters. The van der Waals surface area contributed by atoms with Crippen molar-refractivity contribution in [3.63, 3.8) is 0 Å². The number of amides is 2. The summed E-state index contributed by atoms with van der Waals surface area (Å²) < 4.78 is 5.51. The fraction of sp³-hybridized carbons (Fsp3) is 0.423. The van der Waals surface area contributed by atoms with Crippen molar-refractivity contribution in [2.45, 2.75) is 44.6 Å². The van der Waals surface area contributed by atoms with Crippen molar-refractivity contribution in [2.75, 3.05) is 13.2 Å². The molecule has 1 unspecified atom stereocenters. The molecule has 3 N–H and O–H groups in total. The fourth-order valence-electron chi connectivity index (χ4n) is 4.87. The molecule has 0 heterocycles. The van der Waals surface area contributed by atoms with Gasteiger partial charge in [-0.1, -0.05) is 61.9 Å². The van der Waals surface area contributed by atoms with Gasteiger partial charge in [-0.3, -0.25) is 9.59 Å². The van der Waals surface area contributed by atoms with E-state index in [9.17, 15) is 19.5 Å². The van der Waals surface area contributed by atoms with E-state index >= 15 is 0 Å². The summed E-state index contributed by atoms with van der Waals surface area (Å²) in [5.41, 5.74) is 4.62. The first kappa shape index (κ1) is 22.8. The Morgan fingerprint density at radius 1 is 1.03 bits per heavy atom. The monoisotopic (exact) mass is 450 g/mol. The number of carboxylic acids is 1. The van der Waals surface area contributed by atoms with E-state index in [0.29, 0.717) is 12.8 Å². The number of hydrogen-bond donors (Lipinski definition) is 3. The van der Waals surface area contributed by atoms with Gasteiger partial charge in [0.1, 0.15) is 6.61 Å². The number of alkyl carbamates (subject to hydrolysis) is 1. The highest BCUT2D eigenvalue weighted by atomic mass is 16.5. The first-order valence-corrected chi connectivity index (χ1v) is 11.6. The molecule has 2 aliphatic rings. The van der Waals surface area contributed by atoms with Crippen molar-refractivity contribution < 1.29 is 24.2 Å². The number of benzene rings is 2. The van der Waals surface area contributed by atoms with Crippen LogP contribution in [0, 0.1) is 11.8 Å². The number of carbonyl (C=O) groups excluding carboxylic acids is 2. The number of fused-ring (bicyclic) bond motifs is 3. The van der Waals surface area contributed by atoms with E-state index in [-0.39, 0.29) is 31.0 Å². The molecule has 0 aliphatic heterocycles. The third-order valence-corrected chi connectivity index (χ3v) is 6.71. The average Bonchev–Trinajstić information content (AvgIpc) is 3.15. The predicted molar refractivity (Wildman–Crippen MR) is 124 cm³/mol. The van der Waals surface area contributed by atoms with Crippen molar-refractivity contribution >= 4 is 18.0 Å². The number of hydrogen-bond acceptors (Lipinski definition) is 4. The molecule has 0 aromatic heterocycles. The number of ether oxygens (including phenoxy) is 1. The molecule has 0 bridgehead atoms. The molecule has 174 valence electrons. The molecule has 0 saturated heterocycles. The van der Waals surface area contributed by atoms with Crippen LogP contribution in [0.1, 0.15) is 49.7 Å². The second-order valence-corrected chi connectivity index (χ2v) is 9.01. The van der Waals surface area contributed by atoms with E-state index in [2.05, 4.69) is 34.9 Å². The van der Waals surface area contributed by atoms with Gasteiger partial charge in [0.25, 0.3) is 0 Å². The summed E-state index contributed by atoms with van der Waals surface area (Å²) in [7, 11) is 0. The van der Waals surface area contributed by atoms with Crippen LogP contribution >= 0.6 is 0 Å². The smallest absolute Gasteiger partial charge is 0.407 e. The van der Waals surface area contributed by atoms with Gasteiger partial charge in [0.15, 0.2) is 0 Å². The zero-order chi connectivity index (χ0) is 23.4. The Morgan fingerprint density at radius 3 is 2.30 bits per heavy atom. The van der Waals surface area contributed by atoms with Gasteiger partial charge < -0.3 is 20.5 Å². The lowest BCUT2D eigenvalue weighted by molar-refractivity contribution is -0.143. The molecule has 1 saturated carbocycles. The second-order valence-electron chi connectivity index (χ2n) is 9.01. The van der Waals surface area contributed by atoms with Crippen LogP contribution in [0.15, 0.2) is 48.5 Å². The maximum absolute atomic E-state index is 12.5. The minimum absolute atomic E-state index is 0.0163. The Bertz CT molecular complexity index is 991. The first-order chi connectivity index (χ1) is 15.9. The van der Waals surface area contributed by atoms with Gasteiger partial charge in [0, 0.05) is 18.5 Å². The van der Waals surface area contributed by atoms with Gasteiger partial charge in [-0.25, -0.2) is 4.79 Å². The summed E-state index contributed by atoms with van der Waals surface area (Å²) in [6, 6.07) is 16.1. The second kappa shape index (κ2) is 10.1. The number of nitrogens with one attached hydrogen (secondary N) is 2. The molecule has 2 aromatic carbocycles. The lowest BCUT2D eigenvalue weighted by Crippen LogP contribution is -2.44. The molecule has 2 aromatic rings. The van der Waals surface area contributed by atoms with Gasteiger partial charge in [0.05, 0.1) is 11.8 Å². The quantitative estimate of drug-likeness (QED) is 0.593. The zero-order valence-corrected chi connectivity index (χ0v) is 18.8. The first-order valence-electron chi connectivity index (χ1n) is 11.6. The normalized spacial score (nSPS) is 20.3. The summed E-state index contributed by atoms with van der Waals surface area (Å²) in [5.74, 6) is -1.87. The summed E-state index contributed by atoms with van der Waals surface area (Å²) in [6.45, 7) is 2.10. The maximum atomic E-state index is 12.5. The fourth-order valence-corrected chi connectivity index (χ4v) is 4.87. The number of carbonyl (C=O) groups is 3. The highest BCUT2D eigenvalue weighted by molar-refractivity contribution is 5.80. The molecule has 0 radical (unpaired) electrons. The van der Waals surface area contributed by atoms with Crippen molar-refractivity contribution in [1.29, 1.82) is 0 Å². The highest BCUT2D eigenvalue weighted by Crippen LogP contribution is 2.44. The van der Waals surface area contributed by atoms with Gasteiger partial charge in [-0.15, -0.1) is 0 Å². The van der Waals surface area contributed by atoms with Crippen molar-refractivity contribution in [3.05, 3.63) is 59.7 Å². The molecule has 7 heteroatoms. The topological polar surface area (TPSA) is 105 Å². The molecule has 0 spiro atoms. The summed E-state index contributed by atoms with van der Waals surface area (Å²) in [6.07, 6.45) is 2.12. The predicted octanol–water partition coefficient (Wildman–Crippen LogP) is 3.92. The number of carboxylic acid groups (broad SMARTS) is 1. The van der Waals surface area contributed by atoms with E-state index in [1.165, 1.54) is 11.1 Å². The molecular formula is C26H30N2O5. The van der Waals surface area contributed by atoms with Crippen molar-refractivity contribution in [1.82, 2.24) is 10.6 Å². The Labute approximate surface area is 193 Å². The minimum Gasteiger partial charge on any atom is -0.481 e. The Balaban J connectivity index is 1.25. The molecule has 4 rings (SSSR count). The molecule has 33 heavy (non-hydrogen) atoms. The van der Waals surface area contributed by atoms with Crippen LogP contribution in [0.25, 0.3) is 11.1 Å². The molecular weight excluding hydrogens is 420 g/mol. The van der Waals surface area contributed by atoms with Crippen LogP contribution in [0.3, 0.4) is 0 Å². The minimum atomic E-state index is -0.807. The summed E-state index contributed by atoms with van der Waals surface area (Å²) in [5, 5.41) is 14.8. The van der Waals surface area contributed by atoms with Gasteiger partial charge in [0.2, 0.25) is 5.91 Å².